The molecule has 3 fully saturated rings. The lowest BCUT2D eigenvalue weighted by molar-refractivity contribution is -0.132. The molecule has 1 aromatic carbocycles. The number of nitriles is 1. The summed E-state index contributed by atoms with van der Waals surface area (Å²) >= 11 is 0. The number of methoxy groups -OCH3 is 1. The van der Waals surface area contributed by atoms with Crippen molar-refractivity contribution in [2.24, 2.45) is 11.3 Å². The molecular weight excluding hydrogens is 486 g/mol. The molecule has 1 saturated heterocycles. The lowest BCUT2D eigenvalue weighted by Gasteiger charge is -2.40. The Balaban J connectivity index is 1.35. The highest BCUT2D eigenvalue weighted by atomic mass is 16.5. The van der Waals surface area contributed by atoms with Crippen molar-refractivity contribution in [1.82, 2.24) is 10.6 Å². The van der Waals surface area contributed by atoms with Crippen molar-refractivity contribution in [3.8, 4) is 11.8 Å². The minimum absolute atomic E-state index is 0.00892. The zero-order valence-electron chi connectivity index (χ0n) is 22.4. The maximum Gasteiger partial charge on any atom is 0.270 e. The van der Waals surface area contributed by atoms with Gasteiger partial charge in [0, 0.05) is 51.1 Å². The molecule has 0 unspecified atom stereocenters. The van der Waals surface area contributed by atoms with E-state index < -0.39 is 11.0 Å². The number of nitrogens with zero attached hydrogens (tertiary/aromatic N) is 3. The van der Waals surface area contributed by atoms with Crippen LogP contribution in [0.2, 0.25) is 0 Å². The Kier molecular flexibility index (Phi) is 7.09. The molecule has 2 atom stereocenters. The van der Waals surface area contributed by atoms with Crippen molar-refractivity contribution < 1.29 is 23.9 Å². The van der Waals surface area contributed by atoms with Gasteiger partial charge in [-0.05, 0) is 70.6 Å². The SMILES string of the molecule is COCCCN1C(=O)C(C)(C)Oc2ccc(N(C(=O)[C@H]3CNC[C@@H](NC(=O)C4(C#N)CC4)C3)C3CC3)cc21. The molecule has 0 radical (unpaired) electrons. The Morgan fingerprint density at radius 3 is 2.71 bits per heavy atom. The van der Waals surface area contributed by atoms with Crippen LogP contribution in [0.4, 0.5) is 11.4 Å². The van der Waals surface area contributed by atoms with Gasteiger partial charge in [-0.15, -0.1) is 0 Å². The number of piperidine rings is 1. The molecule has 38 heavy (non-hydrogen) atoms. The van der Waals surface area contributed by atoms with E-state index in [4.69, 9.17) is 9.47 Å². The van der Waals surface area contributed by atoms with E-state index in [1.165, 1.54) is 0 Å². The Morgan fingerprint density at radius 1 is 1.29 bits per heavy atom. The van der Waals surface area contributed by atoms with Crippen LogP contribution in [0.15, 0.2) is 18.2 Å². The topological polar surface area (TPSA) is 124 Å². The van der Waals surface area contributed by atoms with Gasteiger partial charge in [-0.2, -0.15) is 5.26 Å². The van der Waals surface area contributed by atoms with E-state index in [0.717, 1.165) is 18.5 Å². The number of fused-ring (bicyclic) bond motifs is 1. The summed E-state index contributed by atoms with van der Waals surface area (Å²) < 4.78 is 11.2. The van der Waals surface area contributed by atoms with E-state index in [-0.39, 0.29) is 35.7 Å². The number of hydrogen-bond donors (Lipinski definition) is 2. The first-order chi connectivity index (χ1) is 18.2. The number of nitrogens with one attached hydrogen (secondary N) is 2. The quantitative estimate of drug-likeness (QED) is 0.475. The summed E-state index contributed by atoms with van der Waals surface area (Å²) in [6.45, 7) is 5.66. The fourth-order valence-electron chi connectivity index (χ4n) is 5.42. The number of amides is 3. The van der Waals surface area contributed by atoms with Crippen LogP contribution < -0.4 is 25.2 Å². The summed E-state index contributed by atoms with van der Waals surface area (Å²) in [7, 11) is 1.64. The summed E-state index contributed by atoms with van der Waals surface area (Å²) in [6.07, 6.45) is 4.24. The molecule has 4 aliphatic rings. The monoisotopic (exact) mass is 523 g/mol. The zero-order valence-corrected chi connectivity index (χ0v) is 22.4. The summed E-state index contributed by atoms with van der Waals surface area (Å²) in [6, 6.07) is 7.69. The second kappa shape index (κ2) is 10.2. The van der Waals surface area contributed by atoms with Crippen molar-refractivity contribution in [3.63, 3.8) is 0 Å². The average Bonchev–Trinajstić information content (AvgIpc) is 3.82. The molecule has 0 bridgehead atoms. The second-order valence-corrected chi connectivity index (χ2v) is 11.5. The van der Waals surface area contributed by atoms with Crippen molar-refractivity contribution in [2.75, 3.05) is 43.2 Å². The van der Waals surface area contributed by atoms with Gasteiger partial charge in [-0.25, -0.2) is 0 Å². The number of anilines is 2. The number of carbonyl (C=O) groups excluding carboxylic acids is 3. The van der Waals surface area contributed by atoms with Crippen LogP contribution in [-0.4, -0.2) is 68.8 Å². The molecule has 5 rings (SSSR count). The second-order valence-electron chi connectivity index (χ2n) is 11.5. The van der Waals surface area contributed by atoms with Crippen LogP contribution in [0.1, 0.15) is 52.4 Å². The fraction of sp³-hybridized carbons (Fsp3) is 0.643. The van der Waals surface area contributed by atoms with Gasteiger partial charge in [0.1, 0.15) is 11.2 Å². The highest BCUT2D eigenvalue weighted by molar-refractivity contribution is 6.04. The Morgan fingerprint density at radius 2 is 2.05 bits per heavy atom. The molecule has 2 heterocycles. The maximum atomic E-state index is 13.9. The molecule has 2 saturated carbocycles. The van der Waals surface area contributed by atoms with Gasteiger partial charge in [-0.1, -0.05) is 0 Å². The number of ether oxygens (including phenoxy) is 2. The van der Waals surface area contributed by atoms with Crippen molar-refractivity contribution in [2.45, 2.75) is 70.1 Å². The number of hydrogen-bond acceptors (Lipinski definition) is 7. The molecule has 2 aliphatic heterocycles. The van der Waals surface area contributed by atoms with Gasteiger partial charge < -0.3 is 29.9 Å². The third-order valence-corrected chi connectivity index (χ3v) is 7.95. The summed E-state index contributed by atoms with van der Waals surface area (Å²) in [4.78, 5) is 43.4. The first-order valence-corrected chi connectivity index (χ1v) is 13.6. The molecule has 204 valence electrons. The minimum Gasteiger partial charge on any atom is -0.476 e. The van der Waals surface area contributed by atoms with Crippen LogP contribution in [0.3, 0.4) is 0 Å². The van der Waals surface area contributed by atoms with Gasteiger partial charge in [0.2, 0.25) is 11.8 Å². The highest BCUT2D eigenvalue weighted by Gasteiger charge is 2.51. The van der Waals surface area contributed by atoms with E-state index >= 15 is 0 Å². The van der Waals surface area contributed by atoms with Crippen molar-refractivity contribution in [1.29, 1.82) is 5.26 Å². The van der Waals surface area contributed by atoms with E-state index in [0.29, 0.717) is 63.4 Å². The number of carbonyl (C=O) groups is 3. The third-order valence-electron chi connectivity index (χ3n) is 7.95. The molecule has 0 spiro atoms. The van der Waals surface area contributed by atoms with Crippen LogP contribution in [-0.2, 0) is 19.1 Å². The smallest absolute Gasteiger partial charge is 0.270 e. The van der Waals surface area contributed by atoms with E-state index in [1.807, 2.05) is 23.1 Å². The number of benzene rings is 1. The molecular formula is C28H37N5O5. The lowest BCUT2D eigenvalue weighted by Crippen LogP contribution is -2.54. The summed E-state index contributed by atoms with van der Waals surface area (Å²) in [5.41, 5.74) is -0.453. The maximum absolute atomic E-state index is 13.9. The lowest BCUT2D eigenvalue weighted by atomic mass is 9.93. The Hall–Kier alpha value is -3.16. The molecule has 2 N–H and O–H groups in total. The van der Waals surface area contributed by atoms with Crippen LogP contribution >= 0.6 is 0 Å². The molecule has 2 aliphatic carbocycles. The van der Waals surface area contributed by atoms with E-state index in [1.54, 1.807) is 25.9 Å². The summed E-state index contributed by atoms with van der Waals surface area (Å²) in [5.74, 6) is -0.0297. The predicted octanol–water partition coefficient (Wildman–Crippen LogP) is 2.12. The van der Waals surface area contributed by atoms with Crippen LogP contribution in [0, 0.1) is 22.7 Å². The van der Waals surface area contributed by atoms with Crippen LogP contribution in [0.25, 0.3) is 0 Å². The number of rotatable bonds is 9. The predicted molar refractivity (Wildman–Crippen MR) is 141 cm³/mol. The first-order valence-electron chi connectivity index (χ1n) is 13.6. The molecule has 0 aromatic heterocycles. The van der Waals surface area contributed by atoms with Gasteiger partial charge in [-0.3, -0.25) is 14.4 Å². The molecule has 1 aromatic rings. The third kappa shape index (κ3) is 5.09. The average molecular weight is 524 g/mol. The standard InChI is InChI=1S/C28H37N5O5/c1-27(2)26(36)32(11-4-12-37-3)22-14-21(7-8-23(22)38-27)33(20-5-6-20)24(34)18-13-19(16-30-15-18)31-25(35)28(17-29)9-10-28/h7-8,14,18-20,30H,4-6,9-13,15-16H2,1-3H3,(H,31,35)/t18-,19+/m1/s1. The summed E-state index contributed by atoms with van der Waals surface area (Å²) in [5, 5.41) is 15.6. The van der Waals surface area contributed by atoms with Gasteiger partial charge in [0.05, 0.1) is 17.7 Å². The first kappa shape index (κ1) is 26.4. The molecule has 10 nitrogen and oxygen atoms in total. The largest absolute Gasteiger partial charge is 0.476 e. The normalized spacial score (nSPS) is 25.0. The minimum atomic E-state index is -0.981. The van der Waals surface area contributed by atoms with Gasteiger partial charge >= 0.3 is 0 Å². The van der Waals surface area contributed by atoms with Crippen molar-refractivity contribution in [3.05, 3.63) is 18.2 Å². The fourth-order valence-corrected chi connectivity index (χ4v) is 5.42. The van der Waals surface area contributed by atoms with Gasteiger partial charge in [0.15, 0.2) is 5.60 Å². The van der Waals surface area contributed by atoms with Crippen molar-refractivity contribution >= 4 is 29.1 Å². The molecule has 10 heteroatoms. The Labute approximate surface area is 223 Å². The highest BCUT2D eigenvalue weighted by Crippen LogP contribution is 2.45. The Bertz CT molecular complexity index is 1150. The van der Waals surface area contributed by atoms with Gasteiger partial charge in [0.25, 0.3) is 5.91 Å². The molecule has 3 amide bonds. The van der Waals surface area contributed by atoms with E-state index in [2.05, 4.69) is 16.7 Å². The zero-order chi connectivity index (χ0) is 27.1. The van der Waals surface area contributed by atoms with Crippen LogP contribution in [0.5, 0.6) is 5.75 Å². The van der Waals surface area contributed by atoms with E-state index in [9.17, 15) is 19.6 Å².